The summed E-state index contributed by atoms with van der Waals surface area (Å²) >= 11 is 1.54. The van der Waals surface area contributed by atoms with Crippen LogP contribution in [-0.2, 0) is 4.74 Å². The first kappa shape index (κ1) is 17.4. The fraction of sp³-hybridized carbons (Fsp3) is 0.643. The van der Waals surface area contributed by atoms with Gasteiger partial charge in [0.1, 0.15) is 0 Å². The highest BCUT2D eigenvalue weighted by molar-refractivity contribution is 7.13. The van der Waals surface area contributed by atoms with Crippen LogP contribution in [0, 0.1) is 12.3 Å². The summed E-state index contributed by atoms with van der Waals surface area (Å²) < 4.78 is 5.35. The topological polar surface area (TPSA) is 50.4 Å². The van der Waals surface area contributed by atoms with E-state index in [1.807, 2.05) is 19.1 Å². The first-order valence-electron chi connectivity index (χ1n) is 6.69. The van der Waals surface area contributed by atoms with Crippen LogP contribution in [0.5, 0.6) is 0 Å². The van der Waals surface area contributed by atoms with Crippen molar-refractivity contribution in [2.45, 2.75) is 19.8 Å². The normalized spacial score (nSPS) is 17.3. The zero-order valence-corrected chi connectivity index (χ0v) is 13.7. The summed E-state index contributed by atoms with van der Waals surface area (Å²) in [5.74, 6) is 0.0344. The number of amides is 1. The molecule has 6 heteroatoms. The summed E-state index contributed by atoms with van der Waals surface area (Å²) in [4.78, 5) is 14.0. The number of methoxy groups -OCH3 is 1. The summed E-state index contributed by atoms with van der Waals surface area (Å²) in [5, 5.41) is 6.43. The van der Waals surface area contributed by atoms with Gasteiger partial charge in [0.05, 0.1) is 11.5 Å². The molecule has 1 aromatic rings. The van der Waals surface area contributed by atoms with Crippen LogP contribution in [0.3, 0.4) is 0 Å². The quantitative estimate of drug-likeness (QED) is 0.875. The van der Waals surface area contributed by atoms with Gasteiger partial charge >= 0.3 is 0 Å². The first-order valence-corrected chi connectivity index (χ1v) is 7.51. The Morgan fingerprint density at radius 3 is 2.70 bits per heavy atom. The number of piperidine rings is 1. The Labute approximate surface area is 130 Å². The molecule has 0 bridgehead atoms. The van der Waals surface area contributed by atoms with Gasteiger partial charge in [-0.3, -0.25) is 4.79 Å². The minimum Gasteiger partial charge on any atom is -0.384 e. The summed E-state index contributed by atoms with van der Waals surface area (Å²) in [7, 11) is 1.73. The van der Waals surface area contributed by atoms with Crippen molar-refractivity contribution < 1.29 is 9.53 Å². The predicted molar refractivity (Wildman–Crippen MR) is 85.0 cm³/mol. The van der Waals surface area contributed by atoms with Gasteiger partial charge in [-0.15, -0.1) is 23.7 Å². The van der Waals surface area contributed by atoms with Crippen LogP contribution in [0.2, 0.25) is 0 Å². The van der Waals surface area contributed by atoms with Crippen LogP contribution < -0.4 is 10.6 Å². The summed E-state index contributed by atoms with van der Waals surface area (Å²) in [6, 6.07) is 3.87. The van der Waals surface area contributed by atoms with E-state index in [1.165, 1.54) is 16.2 Å². The van der Waals surface area contributed by atoms with Crippen molar-refractivity contribution in [2.24, 2.45) is 5.41 Å². The number of aryl methyl sites for hydroxylation is 1. The van der Waals surface area contributed by atoms with Crippen molar-refractivity contribution in [3.8, 4) is 0 Å². The van der Waals surface area contributed by atoms with Crippen molar-refractivity contribution >= 4 is 29.7 Å². The molecule has 0 aromatic carbocycles. The minimum atomic E-state index is 0. The molecule has 2 N–H and O–H groups in total. The van der Waals surface area contributed by atoms with E-state index < -0.39 is 0 Å². The van der Waals surface area contributed by atoms with Crippen molar-refractivity contribution in [3.63, 3.8) is 0 Å². The maximum atomic E-state index is 12.1. The standard InChI is InChI=1S/C14H22N2O2S.ClH/c1-11-3-4-12(19-11)13(17)16-9-14(10-18-2)5-7-15-8-6-14;/h3-4,15H,5-10H2,1-2H3,(H,16,17);1H. The third kappa shape index (κ3) is 4.45. The molecule has 2 heterocycles. The van der Waals surface area contributed by atoms with Crippen molar-refractivity contribution in [1.82, 2.24) is 10.6 Å². The molecule has 0 spiro atoms. The number of carbonyl (C=O) groups is 1. The maximum absolute atomic E-state index is 12.1. The molecule has 0 aliphatic carbocycles. The highest BCUT2D eigenvalue weighted by atomic mass is 35.5. The Morgan fingerprint density at radius 1 is 1.45 bits per heavy atom. The molecule has 114 valence electrons. The molecular formula is C14H23ClN2O2S. The third-order valence-electron chi connectivity index (χ3n) is 3.70. The SMILES string of the molecule is COCC1(CNC(=O)c2ccc(C)s2)CCNCC1.Cl. The van der Waals surface area contributed by atoms with Crippen LogP contribution in [0.4, 0.5) is 0 Å². The smallest absolute Gasteiger partial charge is 0.261 e. The number of carbonyl (C=O) groups excluding carboxylic acids is 1. The highest BCUT2D eigenvalue weighted by Crippen LogP contribution is 2.28. The second-order valence-corrected chi connectivity index (χ2v) is 6.56. The number of rotatable bonds is 5. The molecule has 1 saturated heterocycles. The van der Waals surface area contributed by atoms with E-state index in [9.17, 15) is 4.79 Å². The Hall–Kier alpha value is -0.620. The Morgan fingerprint density at radius 2 is 2.15 bits per heavy atom. The Bertz CT molecular complexity index is 425. The summed E-state index contributed by atoms with van der Waals surface area (Å²) in [6.07, 6.45) is 2.09. The van der Waals surface area contributed by atoms with E-state index in [0.717, 1.165) is 30.8 Å². The Balaban J connectivity index is 0.00000200. The van der Waals surface area contributed by atoms with Gasteiger partial charge in [-0.05, 0) is 45.0 Å². The number of hydrogen-bond donors (Lipinski definition) is 2. The minimum absolute atomic E-state index is 0. The fourth-order valence-corrected chi connectivity index (χ4v) is 3.33. The lowest BCUT2D eigenvalue weighted by Crippen LogP contribution is -2.47. The number of nitrogens with one attached hydrogen (secondary N) is 2. The molecular weight excluding hydrogens is 296 g/mol. The number of ether oxygens (including phenoxy) is 1. The monoisotopic (exact) mass is 318 g/mol. The van der Waals surface area contributed by atoms with Crippen LogP contribution in [-0.4, -0.2) is 39.3 Å². The third-order valence-corrected chi connectivity index (χ3v) is 4.70. The van der Waals surface area contributed by atoms with E-state index in [2.05, 4.69) is 10.6 Å². The maximum Gasteiger partial charge on any atom is 0.261 e. The van der Waals surface area contributed by atoms with Gasteiger partial charge in [-0.25, -0.2) is 0 Å². The molecule has 1 fully saturated rings. The molecule has 2 rings (SSSR count). The molecule has 0 saturated carbocycles. The van der Waals surface area contributed by atoms with E-state index in [0.29, 0.717) is 13.2 Å². The number of hydrogen-bond acceptors (Lipinski definition) is 4. The van der Waals surface area contributed by atoms with Crippen molar-refractivity contribution in [1.29, 1.82) is 0 Å². The first-order chi connectivity index (χ1) is 9.15. The van der Waals surface area contributed by atoms with E-state index >= 15 is 0 Å². The lowest BCUT2D eigenvalue weighted by molar-refractivity contribution is 0.0512. The molecule has 20 heavy (non-hydrogen) atoms. The molecule has 1 aliphatic rings. The van der Waals surface area contributed by atoms with Gasteiger partial charge in [0.2, 0.25) is 0 Å². The second kappa shape index (κ2) is 7.98. The molecule has 1 aliphatic heterocycles. The molecule has 0 unspecified atom stereocenters. The predicted octanol–water partition coefficient (Wildman–Crippen LogP) is 2.22. The molecule has 1 aromatic heterocycles. The largest absolute Gasteiger partial charge is 0.384 e. The zero-order chi connectivity index (χ0) is 13.7. The molecule has 1 amide bonds. The number of halogens is 1. The summed E-state index contributed by atoms with van der Waals surface area (Å²) in [6.45, 7) is 5.41. The average Bonchev–Trinajstić information content (AvgIpc) is 2.84. The van der Waals surface area contributed by atoms with Crippen molar-refractivity contribution in [3.05, 3.63) is 21.9 Å². The second-order valence-electron chi connectivity index (χ2n) is 5.28. The highest BCUT2D eigenvalue weighted by Gasteiger charge is 2.32. The van der Waals surface area contributed by atoms with E-state index in [-0.39, 0.29) is 23.7 Å². The van der Waals surface area contributed by atoms with E-state index in [1.54, 1.807) is 7.11 Å². The van der Waals surface area contributed by atoms with Gasteiger partial charge in [-0.2, -0.15) is 0 Å². The molecule has 4 nitrogen and oxygen atoms in total. The van der Waals surface area contributed by atoms with Gasteiger partial charge in [0, 0.05) is 23.9 Å². The van der Waals surface area contributed by atoms with Gasteiger partial charge < -0.3 is 15.4 Å². The molecule has 0 atom stereocenters. The lowest BCUT2D eigenvalue weighted by atomic mass is 9.79. The van der Waals surface area contributed by atoms with E-state index in [4.69, 9.17) is 4.74 Å². The average molecular weight is 319 g/mol. The summed E-state index contributed by atoms with van der Waals surface area (Å²) in [5.41, 5.74) is 0.0853. The molecule has 0 radical (unpaired) electrons. The van der Waals surface area contributed by atoms with Crippen molar-refractivity contribution in [2.75, 3.05) is 33.4 Å². The van der Waals surface area contributed by atoms with Gasteiger partial charge in [0.25, 0.3) is 5.91 Å². The fourth-order valence-electron chi connectivity index (χ4n) is 2.55. The Kier molecular flexibility index (Phi) is 6.95. The van der Waals surface area contributed by atoms with Gasteiger partial charge in [0.15, 0.2) is 0 Å². The number of thiophene rings is 1. The lowest BCUT2D eigenvalue weighted by Gasteiger charge is -2.37. The van der Waals surface area contributed by atoms with Crippen LogP contribution in [0.25, 0.3) is 0 Å². The van der Waals surface area contributed by atoms with Crippen LogP contribution in [0.1, 0.15) is 27.4 Å². The van der Waals surface area contributed by atoms with Crippen LogP contribution in [0.15, 0.2) is 12.1 Å². The van der Waals surface area contributed by atoms with Crippen LogP contribution >= 0.6 is 23.7 Å². The zero-order valence-electron chi connectivity index (χ0n) is 12.0. The van der Waals surface area contributed by atoms with Gasteiger partial charge in [-0.1, -0.05) is 0 Å².